The van der Waals surface area contributed by atoms with Crippen molar-refractivity contribution in [1.29, 1.82) is 0 Å². The van der Waals surface area contributed by atoms with Crippen LogP contribution in [0.1, 0.15) is 0 Å². The molecule has 0 saturated heterocycles. The lowest BCUT2D eigenvalue weighted by atomic mass is 10.3. The van der Waals surface area contributed by atoms with Gasteiger partial charge in [-0.3, -0.25) is 0 Å². The molecule has 0 aliphatic carbocycles. The number of thiophene rings is 1. The molecule has 0 fully saturated rings. The van der Waals surface area contributed by atoms with E-state index in [2.05, 4.69) is 35.7 Å². The van der Waals surface area contributed by atoms with Crippen LogP contribution in [-0.2, 0) is 0 Å². The van der Waals surface area contributed by atoms with E-state index in [0.717, 1.165) is 0 Å². The summed E-state index contributed by atoms with van der Waals surface area (Å²) in [5, 5.41) is 3.47. The van der Waals surface area contributed by atoms with Crippen LogP contribution in [0.25, 0.3) is 10.1 Å². The van der Waals surface area contributed by atoms with Gasteiger partial charge >= 0.3 is 0 Å². The van der Waals surface area contributed by atoms with Crippen LogP contribution in [0.5, 0.6) is 0 Å². The number of hydrogen-bond acceptors (Lipinski definition) is 1. The van der Waals surface area contributed by atoms with Crippen molar-refractivity contribution in [3.05, 3.63) is 35.7 Å². The molecule has 0 atom stereocenters. The molecule has 0 saturated carbocycles. The highest BCUT2D eigenvalue weighted by molar-refractivity contribution is 7.17. The fourth-order valence-electron chi connectivity index (χ4n) is 0.906. The van der Waals surface area contributed by atoms with E-state index in [-0.39, 0.29) is 21.9 Å². The Labute approximate surface area is 79.7 Å². The summed E-state index contributed by atoms with van der Waals surface area (Å²) in [7, 11) is 0. The Kier molecular flexibility index (Phi) is 10.6. The van der Waals surface area contributed by atoms with Crippen LogP contribution in [0, 0.1) is 0 Å². The average molecular weight is 206 g/mol. The molecule has 13 heavy (non-hydrogen) atoms. The maximum Gasteiger partial charge on any atom is 0.0342 e. The number of hydrogen-bond donors (Lipinski definition) is 0. The molecule has 1 aromatic heterocycles. The lowest BCUT2D eigenvalue weighted by Crippen LogP contribution is -1.56. The molecule has 4 nitrogen and oxygen atoms in total. The van der Waals surface area contributed by atoms with Crippen LogP contribution in [0.4, 0.5) is 0 Å². The second-order valence-corrected chi connectivity index (χ2v) is 2.91. The monoisotopic (exact) mass is 206 g/mol. The summed E-state index contributed by atoms with van der Waals surface area (Å²) in [4.78, 5) is 0. The molecule has 0 spiro atoms. The fraction of sp³-hybridized carbons (Fsp3) is 0. The van der Waals surface area contributed by atoms with Crippen LogP contribution >= 0.6 is 11.3 Å². The van der Waals surface area contributed by atoms with Crippen molar-refractivity contribution >= 4 is 21.4 Å². The van der Waals surface area contributed by atoms with Crippen molar-refractivity contribution in [3.8, 4) is 0 Å². The second kappa shape index (κ2) is 7.66. The minimum atomic E-state index is 0. The smallest absolute Gasteiger partial charge is 0.0342 e. The van der Waals surface area contributed by atoms with E-state index in [1.807, 2.05) is 0 Å². The lowest BCUT2D eigenvalue weighted by Gasteiger charge is -1.82. The van der Waals surface area contributed by atoms with Gasteiger partial charge in [0.05, 0.1) is 0 Å². The van der Waals surface area contributed by atoms with Crippen molar-refractivity contribution in [1.82, 2.24) is 0 Å². The van der Waals surface area contributed by atoms with E-state index in [0.29, 0.717) is 0 Å². The van der Waals surface area contributed by atoms with E-state index >= 15 is 0 Å². The minimum absolute atomic E-state index is 0. The molecule has 76 valence electrons. The standard InChI is InChI=1S/C8H6S.4H2O/c1-2-4-8-7(3-1)5-6-9-8;;;;/h1-6H;4*1H2. The Morgan fingerprint density at radius 1 is 0.769 bits per heavy atom. The van der Waals surface area contributed by atoms with Gasteiger partial charge in [0.25, 0.3) is 0 Å². The summed E-state index contributed by atoms with van der Waals surface area (Å²) < 4.78 is 1.37. The summed E-state index contributed by atoms with van der Waals surface area (Å²) in [6.07, 6.45) is 0. The van der Waals surface area contributed by atoms with Gasteiger partial charge in [0, 0.05) is 4.70 Å². The minimum Gasteiger partial charge on any atom is -0.412 e. The number of benzene rings is 1. The molecule has 1 heterocycles. The molecule has 0 bridgehead atoms. The van der Waals surface area contributed by atoms with E-state index in [1.165, 1.54) is 10.1 Å². The zero-order valence-corrected chi connectivity index (χ0v) is 7.69. The number of rotatable bonds is 0. The Bertz CT molecular complexity index is 290. The molecule has 1 aromatic carbocycles. The lowest BCUT2D eigenvalue weighted by molar-refractivity contribution is 0.823. The zero-order chi connectivity index (χ0) is 6.10. The normalized spacial score (nSPS) is 7.08. The van der Waals surface area contributed by atoms with E-state index in [4.69, 9.17) is 0 Å². The quantitative estimate of drug-likeness (QED) is 0.556. The molecule has 5 heteroatoms. The first-order valence-electron chi connectivity index (χ1n) is 2.89. The van der Waals surface area contributed by atoms with Crippen LogP contribution in [0.3, 0.4) is 0 Å². The van der Waals surface area contributed by atoms with Crippen LogP contribution in [0.2, 0.25) is 0 Å². The van der Waals surface area contributed by atoms with Gasteiger partial charge in [-0.25, -0.2) is 0 Å². The summed E-state index contributed by atoms with van der Waals surface area (Å²) in [6, 6.07) is 10.5. The van der Waals surface area contributed by atoms with E-state index in [1.54, 1.807) is 11.3 Å². The Balaban J connectivity index is -0.000000250. The highest BCUT2D eigenvalue weighted by atomic mass is 32.1. The molecule has 0 unspecified atom stereocenters. The van der Waals surface area contributed by atoms with Crippen molar-refractivity contribution in [2.75, 3.05) is 0 Å². The van der Waals surface area contributed by atoms with Gasteiger partial charge in [-0.15, -0.1) is 11.3 Å². The van der Waals surface area contributed by atoms with Crippen molar-refractivity contribution in [2.45, 2.75) is 0 Å². The highest BCUT2D eigenvalue weighted by Gasteiger charge is 1.87. The molecule has 8 N–H and O–H groups in total. The van der Waals surface area contributed by atoms with Gasteiger partial charge in [-0.1, -0.05) is 18.2 Å². The third-order valence-electron chi connectivity index (χ3n) is 1.36. The van der Waals surface area contributed by atoms with Crippen molar-refractivity contribution in [3.63, 3.8) is 0 Å². The molecule has 2 rings (SSSR count). The second-order valence-electron chi connectivity index (χ2n) is 1.96. The molecular formula is C8H14O4S. The van der Waals surface area contributed by atoms with Gasteiger partial charge in [0.1, 0.15) is 0 Å². The Morgan fingerprint density at radius 3 is 2.00 bits per heavy atom. The van der Waals surface area contributed by atoms with Gasteiger partial charge in [0.2, 0.25) is 0 Å². The topological polar surface area (TPSA) is 126 Å². The van der Waals surface area contributed by atoms with E-state index < -0.39 is 0 Å². The molecular weight excluding hydrogens is 192 g/mol. The van der Waals surface area contributed by atoms with Crippen molar-refractivity contribution in [2.24, 2.45) is 0 Å². The van der Waals surface area contributed by atoms with Gasteiger partial charge in [0.15, 0.2) is 0 Å². The molecule has 0 amide bonds. The first-order chi connectivity index (χ1) is 4.47. The Hall–Kier alpha value is -0.980. The van der Waals surface area contributed by atoms with Crippen LogP contribution in [-0.4, -0.2) is 21.9 Å². The molecule has 0 aliphatic heterocycles. The molecule has 0 aliphatic rings. The largest absolute Gasteiger partial charge is 0.412 e. The predicted molar refractivity (Wildman–Crippen MR) is 56.3 cm³/mol. The van der Waals surface area contributed by atoms with Gasteiger partial charge in [-0.2, -0.15) is 0 Å². The summed E-state index contributed by atoms with van der Waals surface area (Å²) in [5.74, 6) is 0. The highest BCUT2D eigenvalue weighted by Crippen LogP contribution is 2.18. The summed E-state index contributed by atoms with van der Waals surface area (Å²) in [6.45, 7) is 0. The molecule has 2 aromatic rings. The number of fused-ring (bicyclic) bond motifs is 1. The maximum absolute atomic E-state index is 2.14. The SMILES string of the molecule is O.O.O.O.c1ccc2sccc2c1. The summed E-state index contributed by atoms with van der Waals surface area (Å²) in [5.41, 5.74) is 0. The van der Waals surface area contributed by atoms with Gasteiger partial charge < -0.3 is 21.9 Å². The first-order valence-corrected chi connectivity index (χ1v) is 3.77. The zero-order valence-electron chi connectivity index (χ0n) is 6.87. The van der Waals surface area contributed by atoms with E-state index in [9.17, 15) is 0 Å². The third kappa shape index (κ3) is 3.49. The predicted octanol–water partition coefficient (Wildman–Crippen LogP) is -0.398. The van der Waals surface area contributed by atoms with Gasteiger partial charge in [-0.05, 0) is 22.9 Å². The Morgan fingerprint density at radius 2 is 1.38 bits per heavy atom. The fourth-order valence-corrected chi connectivity index (χ4v) is 1.70. The average Bonchev–Trinajstić information content (AvgIpc) is 2.33. The molecule has 0 radical (unpaired) electrons. The van der Waals surface area contributed by atoms with Crippen LogP contribution < -0.4 is 0 Å². The third-order valence-corrected chi connectivity index (χ3v) is 2.26. The van der Waals surface area contributed by atoms with Crippen molar-refractivity contribution < 1.29 is 21.9 Å². The maximum atomic E-state index is 2.14. The van der Waals surface area contributed by atoms with Crippen LogP contribution in [0.15, 0.2) is 35.7 Å². The first kappa shape index (κ1) is 17.9. The summed E-state index contributed by atoms with van der Waals surface area (Å²) >= 11 is 1.79.